The van der Waals surface area contributed by atoms with Crippen molar-refractivity contribution < 1.29 is 0 Å². The average molecular weight is 274 g/mol. The van der Waals surface area contributed by atoms with Gasteiger partial charge in [-0.3, -0.25) is 4.90 Å². The van der Waals surface area contributed by atoms with E-state index in [2.05, 4.69) is 69.1 Å². The molecule has 1 fully saturated rings. The fourth-order valence-electron chi connectivity index (χ4n) is 2.88. The first-order valence-electron chi connectivity index (χ1n) is 7.93. The number of rotatable bonds is 2. The summed E-state index contributed by atoms with van der Waals surface area (Å²) in [4.78, 5) is 2.61. The number of hydrogen-bond donors (Lipinski definition) is 1. The van der Waals surface area contributed by atoms with Crippen LogP contribution in [0.1, 0.15) is 52.2 Å². The van der Waals surface area contributed by atoms with E-state index in [1.165, 1.54) is 17.5 Å². The van der Waals surface area contributed by atoms with E-state index < -0.39 is 0 Å². The lowest BCUT2D eigenvalue weighted by Gasteiger charge is -2.28. The molecule has 1 aliphatic rings. The van der Waals surface area contributed by atoms with Crippen molar-refractivity contribution in [3.05, 3.63) is 35.4 Å². The van der Waals surface area contributed by atoms with Crippen LogP contribution in [0.4, 0.5) is 0 Å². The summed E-state index contributed by atoms with van der Waals surface area (Å²) >= 11 is 0. The fourth-order valence-corrected chi connectivity index (χ4v) is 2.88. The molecule has 2 atom stereocenters. The largest absolute Gasteiger partial charge is 0.313 e. The highest BCUT2D eigenvalue weighted by Crippen LogP contribution is 2.23. The van der Waals surface area contributed by atoms with Gasteiger partial charge in [-0.1, -0.05) is 45.0 Å². The average Bonchev–Trinajstić information content (AvgIpc) is 2.51. The van der Waals surface area contributed by atoms with Gasteiger partial charge < -0.3 is 5.32 Å². The van der Waals surface area contributed by atoms with Crippen LogP contribution < -0.4 is 5.32 Å². The third-order valence-electron chi connectivity index (χ3n) is 4.39. The van der Waals surface area contributed by atoms with Crippen LogP contribution in [-0.4, -0.2) is 30.1 Å². The maximum absolute atomic E-state index is 3.58. The summed E-state index contributed by atoms with van der Waals surface area (Å²) in [6.45, 7) is 14.8. The Morgan fingerprint density at radius 3 is 2.40 bits per heavy atom. The topological polar surface area (TPSA) is 15.3 Å². The number of benzene rings is 1. The summed E-state index contributed by atoms with van der Waals surface area (Å²) in [5.41, 5.74) is 3.09. The van der Waals surface area contributed by atoms with Crippen molar-refractivity contribution in [2.24, 2.45) is 0 Å². The molecule has 0 saturated carbocycles. The Balaban J connectivity index is 2.05. The van der Waals surface area contributed by atoms with Crippen molar-refractivity contribution in [2.45, 2.75) is 65.1 Å². The Labute approximate surface area is 124 Å². The van der Waals surface area contributed by atoms with Crippen LogP contribution in [0.2, 0.25) is 0 Å². The quantitative estimate of drug-likeness (QED) is 0.887. The highest BCUT2D eigenvalue weighted by molar-refractivity contribution is 5.27. The number of hydrogen-bond acceptors (Lipinski definition) is 2. The van der Waals surface area contributed by atoms with Crippen LogP contribution >= 0.6 is 0 Å². The van der Waals surface area contributed by atoms with Gasteiger partial charge in [0.15, 0.2) is 0 Å². The Kier molecular flexibility index (Phi) is 4.87. The second-order valence-electron chi connectivity index (χ2n) is 7.37. The van der Waals surface area contributed by atoms with Crippen molar-refractivity contribution in [3.63, 3.8) is 0 Å². The lowest BCUT2D eigenvalue weighted by molar-refractivity contribution is 0.199. The third-order valence-corrected chi connectivity index (χ3v) is 4.39. The monoisotopic (exact) mass is 274 g/mol. The summed E-state index contributed by atoms with van der Waals surface area (Å²) in [5.74, 6) is 0. The van der Waals surface area contributed by atoms with Gasteiger partial charge in [0, 0.05) is 25.2 Å². The van der Waals surface area contributed by atoms with Crippen LogP contribution in [0.3, 0.4) is 0 Å². The van der Waals surface area contributed by atoms with Gasteiger partial charge in [0.2, 0.25) is 0 Å². The Morgan fingerprint density at radius 2 is 1.80 bits per heavy atom. The molecule has 2 nitrogen and oxygen atoms in total. The van der Waals surface area contributed by atoms with Crippen molar-refractivity contribution in [1.82, 2.24) is 10.2 Å². The van der Waals surface area contributed by atoms with Gasteiger partial charge in [-0.15, -0.1) is 0 Å². The number of nitrogens with one attached hydrogen (secondary N) is 1. The maximum Gasteiger partial charge on any atom is 0.0237 e. The van der Waals surface area contributed by atoms with Gasteiger partial charge in [0.1, 0.15) is 0 Å². The Bertz CT molecular complexity index is 416. The molecule has 0 spiro atoms. The standard InChI is InChI=1S/C18H30N2/c1-14-12-20(15(2)10-11-19-14)13-16-6-8-17(9-7-16)18(3,4)5/h6-9,14-15,19H,10-13H2,1-5H3. The first-order valence-corrected chi connectivity index (χ1v) is 7.93. The predicted octanol–water partition coefficient (Wildman–Crippen LogP) is 3.56. The highest BCUT2D eigenvalue weighted by Gasteiger charge is 2.20. The van der Waals surface area contributed by atoms with Crippen molar-refractivity contribution in [1.29, 1.82) is 0 Å². The molecule has 1 N–H and O–H groups in total. The smallest absolute Gasteiger partial charge is 0.0237 e. The van der Waals surface area contributed by atoms with E-state index in [0.717, 1.165) is 19.6 Å². The molecule has 0 aliphatic carbocycles. The zero-order valence-corrected chi connectivity index (χ0v) is 13.7. The van der Waals surface area contributed by atoms with Crippen LogP contribution in [0.15, 0.2) is 24.3 Å². The van der Waals surface area contributed by atoms with Gasteiger partial charge in [-0.25, -0.2) is 0 Å². The van der Waals surface area contributed by atoms with Gasteiger partial charge in [0.05, 0.1) is 0 Å². The molecule has 0 aromatic heterocycles. The Morgan fingerprint density at radius 1 is 1.15 bits per heavy atom. The minimum atomic E-state index is 0.243. The van der Waals surface area contributed by atoms with E-state index in [1.54, 1.807) is 0 Å². The van der Waals surface area contributed by atoms with Gasteiger partial charge in [-0.2, -0.15) is 0 Å². The summed E-state index contributed by atoms with van der Waals surface area (Å²) in [7, 11) is 0. The normalized spacial score (nSPS) is 25.4. The van der Waals surface area contributed by atoms with Gasteiger partial charge in [-0.05, 0) is 43.4 Å². The summed E-state index contributed by atoms with van der Waals surface area (Å²) in [5, 5.41) is 3.58. The molecule has 0 bridgehead atoms. The van der Waals surface area contributed by atoms with E-state index in [1.807, 2.05) is 0 Å². The van der Waals surface area contributed by atoms with Gasteiger partial charge in [0.25, 0.3) is 0 Å². The molecule has 20 heavy (non-hydrogen) atoms. The SMILES string of the molecule is CC1CN(Cc2ccc(C(C)(C)C)cc2)C(C)CCN1. The molecule has 0 radical (unpaired) electrons. The molecule has 2 unspecified atom stereocenters. The molecule has 2 rings (SSSR count). The van der Waals surface area contributed by atoms with E-state index in [4.69, 9.17) is 0 Å². The minimum absolute atomic E-state index is 0.243. The Hall–Kier alpha value is -0.860. The lowest BCUT2D eigenvalue weighted by Crippen LogP contribution is -2.37. The fraction of sp³-hybridized carbons (Fsp3) is 0.667. The molecule has 0 amide bonds. The summed E-state index contributed by atoms with van der Waals surface area (Å²) < 4.78 is 0. The molecule has 1 saturated heterocycles. The third kappa shape index (κ3) is 4.07. The predicted molar refractivity (Wildman–Crippen MR) is 87.1 cm³/mol. The zero-order valence-electron chi connectivity index (χ0n) is 13.7. The van der Waals surface area contributed by atoms with E-state index >= 15 is 0 Å². The van der Waals surface area contributed by atoms with Crippen LogP contribution in [0, 0.1) is 0 Å². The molecule has 1 aliphatic heterocycles. The molecule has 1 aromatic carbocycles. The lowest BCUT2D eigenvalue weighted by atomic mass is 9.86. The van der Waals surface area contributed by atoms with Gasteiger partial charge >= 0.3 is 0 Å². The minimum Gasteiger partial charge on any atom is -0.313 e. The van der Waals surface area contributed by atoms with E-state index in [0.29, 0.717) is 12.1 Å². The summed E-state index contributed by atoms with van der Waals surface area (Å²) in [6, 6.07) is 10.4. The van der Waals surface area contributed by atoms with Crippen LogP contribution in [0.5, 0.6) is 0 Å². The highest BCUT2D eigenvalue weighted by atomic mass is 15.2. The second kappa shape index (κ2) is 6.28. The summed E-state index contributed by atoms with van der Waals surface area (Å²) in [6.07, 6.45) is 1.24. The first-order chi connectivity index (χ1) is 9.36. The van der Waals surface area contributed by atoms with Crippen molar-refractivity contribution in [2.75, 3.05) is 13.1 Å². The van der Waals surface area contributed by atoms with Crippen LogP contribution in [0.25, 0.3) is 0 Å². The van der Waals surface area contributed by atoms with E-state index in [-0.39, 0.29) is 5.41 Å². The second-order valence-corrected chi connectivity index (χ2v) is 7.37. The molecule has 112 valence electrons. The molecule has 1 aromatic rings. The molecular formula is C18H30N2. The molecular weight excluding hydrogens is 244 g/mol. The van der Waals surface area contributed by atoms with Crippen molar-refractivity contribution >= 4 is 0 Å². The van der Waals surface area contributed by atoms with Crippen LogP contribution in [-0.2, 0) is 12.0 Å². The van der Waals surface area contributed by atoms with Crippen molar-refractivity contribution in [3.8, 4) is 0 Å². The first kappa shape index (κ1) is 15.5. The maximum atomic E-state index is 3.58. The number of nitrogens with zero attached hydrogens (tertiary/aromatic N) is 1. The van der Waals surface area contributed by atoms with E-state index in [9.17, 15) is 0 Å². The zero-order chi connectivity index (χ0) is 14.8. The molecule has 2 heteroatoms. The molecule has 1 heterocycles.